The highest BCUT2D eigenvalue weighted by molar-refractivity contribution is 6.30. The average molecular weight is 282 g/mol. The topological polar surface area (TPSA) is 26.0 Å². The molecule has 0 aromatic heterocycles. The molecule has 1 atom stereocenters. The Labute approximate surface area is 116 Å². The highest BCUT2D eigenvalue weighted by Gasteiger charge is 2.10. The highest BCUT2D eigenvalue weighted by atomic mass is 35.5. The molecule has 1 nitrogen and oxygen atoms in total. The number of hydrogen-bond donors (Lipinski definition) is 1. The summed E-state index contributed by atoms with van der Waals surface area (Å²) < 4.78 is 26.3. The van der Waals surface area contributed by atoms with Crippen LogP contribution in [0.2, 0.25) is 5.02 Å². The quantitative estimate of drug-likeness (QED) is 0.908. The number of hydrogen-bond acceptors (Lipinski definition) is 1. The number of halogens is 3. The Kier molecular flexibility index (Phi) is 4.51. The van der Waals surface area contributed by atoms with Crippen LogP contribution in [0, 0.1) is 11.6 Å². The molecule has 0 saturated carbocycles. The second kappa shape index (κ2) is 6.13. The van der Waals surface area contributed by atoms with Crippen LogP contribution in [-0.2, 0) is 12.8 Å². The van der Waals surface area contributed by atoms with Crippen LogP contribution >= 0.6 is 11.6 Å². The fourth-order valence-electron chi connectivity index (χ4n) is 1.97. The number of benzene rings is 2. The Morgan fingerprint density at radius 3 is 2.32 bits per heavy atom. The van der Waals surface area contributed by atoms with E-state index in [0.717, 1.165) is 11.6 Å². The highest BCUT2D eigenvalue weighted by Crippen LogP contribution is 2.14. The minimum absolute atomic E-state index is 0.221. The van der Waals surface area contributed by atoms with Crippen molar-refractivity contribution in [2.24, 2.45) is 5.73 Å². The van der Waals surface area contributed by atoms with Gasteiger partial charge in [0.05, 0.1) is 0 Å². The van der Waals surface area contributed by atoms with Gasteiger partial charge < -0.3 is 5.73 Å². The minimum atomic E-state index is -0.576. The molecule has 0 amide bonds. The van der Waals surface area contributed by atoms with Gasteiger partial charge in [0.15, 0.2) is 0 Å². The second-order valence-electron chi connectivity index (χ2n) is 4.53. The summed E-state index contributed by atoms with van der Waals surface area (Å²) in [5.74, 6) is -1.13. The van der Waals surface area contributed by atoms with Crippen LogP contribution in [0.1, 0.15) is 11.1 Å². The Balaban J connectivity index is 2.01. The van der Waals surface area contributed by atoms with Crippen molar-refractivity contribution >= 4 is 11.6 Å². The molecule has 0 bridgehead atoms. The molecule has 2 aromatic carbocycles. The maximum atomic E-state index is 13.5. The largest absolute Gasteiger partial charge is 0.327 e. The summed E-state index contributed by atoms with van der Waals surface area (Å²) in [6.07, 6.45) is 0.989. The summed E-state index contributed by atoms with van der Waals surface area (Å²) in [5.41, 5.74) is 7.46. The zero-order chi connectivity index (χ0) is 13.8. The molecule has 0 aliphatic rings. The van der Waals surface area contributed by atoms with Crippen molar-refractivity contribution < 1.29 is 8.78 Å². The van der Waals surface area contributed by atoms with Gasteiger partial charge in [-0.1, -0.05) is 29.8 Å². The van der Waals surface area contributed by atoms with Gasteiger partial charge in [0, 0.05) is 17.1 Å². The molecule has 0 fully saturated rings. The summed E-state index contributed by atoms with van der Waals surface area (Å²) in [7, 11) is 0. The Bertz CT molecular complexity index is 555. The van der Waals surface area contributed by atoms with Gasteiger partial charge in [-0.25, -0.2) is 8.78 Å². The normalized spacial score (nSPS) is 12.4. The molecule has 0 aliphatic carbocycles. The van der Waals surface area contributed by atoms with Gasteiger partial charge in [-0.2, -0.15) is 0 Å². The molecule has 0 radical (unpaired) electrons. The number of rotatable bonds is 4. The second-order valence-corrected chi connectivity index (χ2v) is 4.97. The molecule has 0 saturated heterocycles. The van der Waals surface area contributed by atoms with E-state index in [9.17, 15) is 8.78 Å². The van der Waals surface area contributed by atoms with Crippen LogP contribution in [0.25, 0.3) is 0 Å². The fraction of sp³-hybridized carbons (Fsp3) is 0.200. The van der Waals surface area contributed by atoms with E-state index < -0.39 is 11.6 Å². The van der Waals surface area contributed by atoms with E-state index in [-0.39, 0.29) is 6.04 Å². The zero-order valence-electron chi connectivity index (χ0n) is 10.2. The molecular weight excluding hydrogens is 268 g/mol. The number of nitrogens with two attached hydrogens (primary N) is 1. The molecule has 100 valence electrons. The van der Waals surface area contributed by atoms with Crippen LogP contribution in [0.15, 0.2) is 42.5 Å². The molecule has 19 heavy (non-hydrogen) atoms. The van der Waals surface area contributed by atoms with Gasteiger partial charge >= 0.3 is 0 Å². The summed E-state index contributed by atoms with van der Waals surface area (Å²) in [6, 6.07) is 10.7. The van der Waals surface area contributed by atoms with Crippen LogP contribution < -0.4 is 5.73 Å². The van der Waals surface area contributed by atoms with Gasteiger partial charge in [0.1, 0.15) is 11.6 Å². The van der Waals surface area contributed by atoms with Crippen LogP contribution in [0.3, 0.4) is 0 Å². The summed E-state index contributed by atoms with van der Waals surface area (Å²) in [4.78, 5) is 0. The maximum absolute atomic E-state index is 13.5. The van der Waals surface area contributed by atoms with Gasteiger partial charge in [-0.3, -0.25) is 0 Å². The van der Waals surface area contributed by atoms with Crippen molar-refractivity contribution in [2.75, 3.05) is 0 Å². The molecule has 2 rings (SSSR count). The first-order chi connectivity index (χ1) is 9.04. The monoisotopic (exact) mass is 281 g/mol. The lowest BCUT2D eigenvalue weighted by Crippen LogP contribution is -2.26. The Hall–Kier alpha value is -1.45. The van der Waals surface area contributed by atoms with Crippen LogP contribution in [-0.4, -0.2) is 6.04 Å². The third-order valence-corrected chi connectivity index (χ3v) is 3.16. The van der Waals surface area contributed by atoms with Gasteiger partial charge in [-0.05, 0) is 42.2 Å². The van der Waals surface area contributed by atoms with E-state index in [0.29, 0.717) is 23.4 Å². The van der Waals surface area contributed by atoms with Crippen molar-refractivity contribution in [2.45, 2.75) is 18.9 Å². The van der Waals surface area contributed by atoms with Crippen molar-refractivity contribution in [3.63, 3.8) is 0 Å². The van der Waals surface area contributed by atoms with E-state index in [1.807, 2.05) is 12.1 Å². The van der Waals surface area contributed by atoms with Crippen LogP contribution in [0.4, 0.5) is 8.78 Å². The predicted molar refractivity (Wildman–Crippen MR) is 73.2 cm³/mol. The van der Waals surface area contributed by atoms with E-state index in [1.165, 1.54) is 12.1 Å². The average Bonchev–Trinajstić information content (AvgIpc) is 2.36. The third-order valence-electron chi connectivity index (χ3n) is 2.91. The summed E-state index contributed by atoms with van der Waals surface area (Å²) in [6.45, 7) is 0. The lowest BCUT2D eigenvalue weighted by Gasteiger charge is -2.12. The first kappa shape index (κ1) is 14.0. The van der Waals surface area contributed by atoms with E-state index in [2.05, 4.69) is 0 Å². The molecule has 2 aromatic rings. The molecular formula is C15H14ClF2N. The lowest BCUT2D eigenvalue weighted by molar-refractivity contribution is 0.558. The molecule has 2 N–H and O–H groups in total. The predicted octanol–water partition coefficient (Wildman–Crippen LogP) is 3.73. The van der Waals surface area contributed by atoms with Crippen molar-refractivity contribution in [3.8, 4) is 0 Å². The Morgan fingerprint density at radius 1 is 1.00 bits per heavy atom. The summed E-state index contributed by atoms with van der Waals surface area (Å²) >= 11 is 5.80. The SMILES string of the molecule is NC(Cc1ccc(Cl)cc1)Cc1ccc(F)cc1F. The minimum Gasteiger partial charge on any atom is -0.327 e. The van der Waals surface area contributed by atoms with Crippen LogP contribution in [0.5, 0.6) is 0 Å². The fourth-order valence-corrected chi connectivity index (χ4v) is 2.09. The molecule has 1 unspecified atom stereocenters. The van der Waals surface area contributed by atoms with Gasteiger partial charge in [0.2, 0.25) is 0 Å². The van der Waals surface area contributed by atoms with E-state index in [1.54, 1.807) is 12.1 Å². The van der Waals surface area contributed by atoms with Crippen molar-refractivity contribution in [3.05, 3.63) is 70.2 Å². The molecule has 0 heterocycles. The summed E-state index contributed by atoms with van der Waals surface area (Å²) in [5, 5.41) is 0.668. The molecule has 0 spiro atoms. The van der Waals surface area contributed by atoms with Gasteiger partial charge in [-0.15, -0.1) is 0 Å². The first-order valence-electron chi connectivity index (χ1n) is 5.98. The van der Waals surface area contributed by atoms with E-state index >= 15 is 0 Å². The van der Waals surface area contributed by atoms with Crippen molar-refractivity contribution in [1.82, 2.24) is 0 Å². The maximum Gasteiger partial charge on any atom is 0.129 e. The zero-order valence-corrected chi connectivity index (χ0v) is 11.0. The molecule has 4 heteroatoms. The third kappa shape index (κ3) is 4.01. The lowest BCUT2D eigenvalue weighted by atomic mass is 9.99. The van der Waals surface area contributed by atoms with Gasteiger partial charge in [0.25, 0.3) is 0 Å². The van der Waals surface area contributed by atoms with Crippen molar-refractivity contribution in [1.29, 1.82) is 0 Å². The Morgan fingerprint density at radius 2 is 1.68 bits per heavy atom. The standard InChI is InChI=1S/C15H14ClF2N/c16-12-4-1-10(2-5-12)7-14(19)8-11-3-6-13(17)9-15(11)18/h1-6,9,14H,7-8,19H2. The first-order valence-corrected chi connectivity index (χ1v) is 6.36. The molecule has 0 aliphatic heterocycles. The van der Waals surface area contributed by atoms with E-state index in [4.69, 9.17) is 17.3 Å². The smallest absolute Gasteiger partial charge is 0.129 e.